The van der Waals surface area contributed by atoms with Crippen LogP contribution in [0.4, 0.5) is 0 Å². The minimum atomic E-state index is -1.64. The molecule has 0 unspecified atom stereocenters. The van der Waals surface area contributed by atoms with E-state index >= 15 is 0 Å². The molecule has 0 bridgehead atoms. The summed E-state index contributed by atoms with van der Waals surface area (Å²) < 4.78 is 0. The number of aldehydes is 1. The van der Waals surface area contributed by atoms with Crippen LogP contribution in [-0.2, 0) is 4.79 Å². The Morgan fingerprint density at radius 3 is 2.10 bits per heavy atom. The fourth-order valence-electron chi connectivity index (χ4n) is 0.416. The molecule has 0 aliphatic carbocycles. The van der Waals surface area contributed by atoms with Crippen molar-refractivity contribution >= 4 is 6.29 Å². The van der Waals surface area contributed by atoms with Gasteiger partial charge in [0.1, 0.15) is 18.3 Å². The molecule has 0 amide bonds. The maximum atomic E-state index is 9.76. The molecule has 0 heterocycles. The van der Waals surface area contributed by atoms with Gasteiger partial charge in [-0.3, -0.25) is 0 Å². The molecule has 10 heavy (non-hydrogen) atoms. The summed E-state index contributed by atoms with van der Waals surface area (Å²) in [7, 11) is 0. The number of hydrogen-bond acceptors (Lipinski definition) is 5. The largest absolute Gasteiger partial charge is 0.394 e. The molecular weight excluding hydrogens is 141 g/mol. The molecule has 0 saturated carbocycles. The van der Waals surface area contributed by atoms with Gasteiger partial charge in [-0.2, -0.15) is 0 Å². The Bertz CT molecular complexity index is 104. The SMILES string of the molecule is O=C[C@@H](O)[C@H](O)[C@@H](O)[13CH2]O. The quantitative estimate of drug-likeness (QED) is 0.258. The van der Waals surface area contributed by atoms with Gasteiger partial charge in [-0.05, 0) is 0 Å². The van der Waals surface area contributed by atoms with E-state index in [1.165, 1.54) is 0 Å². The predicted molar refractivity (Wildman–Crippen MR) is 31.2 cm³/mol. The van der Waals surface area contributed by atoms with E-state index < -0.39 is 24.9 Å². The van der Waals surface area contributed by atoms with Gasteiger partial charge in [0, 0.05) is 0 Å². The summed E-state index contributed by atoms with van der Waals surface area (Å²) in [6, 6.07) is 0. The van der Waals surface area contributed by atoms with Crippen LogP contribution < -0.4 is 0 Å². The number of rotatable bonds is 4. The fourth-order valence-corrected chi connectivity index (χ4v) is 0.416. The molecule has 0 aromatic heterocycles. The number of carbonyl (C=O) groups is 1. The average Bonchev–Trinajstić information content (AvgIpc) is 2.00. The molecule has 0 rings (SSSR count). The van der Waals surface area contributed by atoms with E-state index in [1.807, 2.05) is 0 Å². The number of carbonyl (C=O) groups excluding carboxylic acids is 1. The van der Waals surface area contributed by atoms with Gasteiger partial charge in [-0.25, -0.2) is 0 Å². The Morgan fingerprint density at radius 2 is 1.80 bits per heavy atom. The second kappa shape index (κ2) is 4.35. The molecule has 5 nitrogen and oxygen atoms in total. The maximum Gasteiger partial charge on any atom is 0.151 e. The summed E-state index contributed by atoms with van der Waals surface area (Å²) in [5, 5.41) is 34.1. The van der Waals surface area contributed by atoms with Gasteiger partial charge in [0.15, 0.2) is 6.29 Å². The molecule has 5 heteroatoms. The zero-order valence-corrected chi connectivity index (χ0v) is 5.21. The van der Waals surface area contributed by atoms with E-state index in [9.17, 15) is 4.79 Å². The lowest BCUT2D eigenvalue weighted by atomic mass is 10.2. The van der Waals surface area contributed by atoms with Crippen molar-refractivity contribution in [2.45, 2.75) is 18.3 Å². The highest BCUT2D eigenvalue weighted by Crippen LogP contribution is 1.96. The Hall–Kier alpha value is -0.490. The first-order valence-corrected chi connectivity index (χ1v) is 2.73. The lowest BCUT2D eigenvalue weighted by Gasteiger charge is -2.16. The molecule has 3 atom stereocenters. The molecule has 0 aliphatic heterocycles. The first kappa shape index (κ1) is 9.51. The van der Waals surface area contributed by atoms with Crippen LogP contribution in [0.3, 0.4) is 0 Å². The van der Waals surface area contributed by atoms with Crippen molar-refractivity contribution in [2.24, 2.45) is 0 Å². The first-order chi connectivity index (χ1) is 4.63. The summed E-state index contributed by atoms with van der Waals surface area (Å²) in [6.45, 7) is -0.688. The Labute approximate surface area is 57.5 Å². The summed E-state index contributed by atoms with van der Waals surface area (Å²) in [5.41, 5.74) is 0. The van der Waals surface area contributed by atoms with Crippen LogP contribution >= 0.6 is 0 Å². The Morgan fingerprint density at radius 1 is 1.30 bits per heavy atom. The van der Waals surface area contributed by atoms with Gasteiger partial charge in [-0.15, -0.1) is 0 Å². The van der Waals surface area contributed by atoms with Crippen LogP contribution in [0.25, 0.3) is 0 Å². The molecule has 0 aromatic carbocycles. The molecule has 4 N–H and O–H groups in total. The summed E-state index contributed by atoms with van der Waals surface area (Å²) in [4.78, 5) is 9.76. The van der Waals surface area contributed by atoms with Crippen LogP contribution in [0, 0.1) is 0 Å². The molecule has 0 aliphatic rings. The normalized spacial score (nSPS) is 19.6. The highest BCUT2D eigenvalue weighted by atomic mass is 16.4. The smallest absolute Gasteiger partial charge is 0.151 e. The zero-order chi connectivity index (χ0) is 8.15. The van der Waals surface area contributed by atoms with Crippen molar-refractivity contribution in [3.63, 3.8) is 0 Å². The van der Waals surface area contributed by atoms with Crippen molar-refractivity contribution in [3.8, 4) is 0 Å². The van der Waals surface area contributed by atoms with Crippen LogP contribution in [0.1, 0.15) is 0 Å². The monoisotopic (exact) mass is 151 g/mol. The molecule has 60 valence electrons. The highest BCUT2D eigenvalue weighted by molar-refractivity contribution is 5.56. The first-order valence-electron chi connectivity index (χ1n) is 2.73. The number of aliphatic hydroxyl groups is 4. The van der Waals surface area contributed by atoms with Crippen molar-refractivity contribution < 1.29 is 25.2 Å². The van der Waals surface area contributed by atoms with E-state index in [0.29, 0.717) is 0 Å². The number of aliphatic hydroxyl groups excluding tert-OH is 4. The number of hydrogen-bond donors (Lipinski definition) is 4. The van der Waals surface area contributed by atoms with Gasteiger partial charge in [0.25, 0.3) is 0 Å². The van der Waals surface area contributed by atoms with Crippen molar-refractivity contribution in [1.82, 2.24) is 0 Å². The van der Waals surface area contributed by atoms with Gasteiger partial charge >= 0.3 is 0 Å². The molecule has 0 aromatic rings. The lowest BCUT2D eigenvalue weighted by molar-refractivity contribution is -0.127. The van der Waals surface area contributed by atoms with Crippen LogP contribution in [0.15, 0.2) is 0 Å². The van der Waals surface area contributed by atoms with Crippen LogP contribution in [0.5, 0.6) is 0 Å². The third-order valence-corrected chi connectivity index (χ3v) is 1.07. The third-order valence-electron chi connectivity index (χ3n) is 1.07. The third kappa shape index (κ3) is 2.40. The molecular formula is C5H10O5. The van der Waals surface area contributed by atoms with Gasteiger partial charge < -0.3 is 25.2 Å². The van der Waals surface area contributed by atoms with E-state index in [1.54, 1.807) is 0 Å². The molecule has 0 fully saturated rings. The summed E-state index contributed by atoms with van der Waals surface area (Å²) >= 11 is 0. The lowest BCUT2D eigenvalue weighted by Crippen LogP contribution is -2.40. The second-order valence-electron chi connectivity index (χ2n) is 1.87. The van der Waals surface area contributed by atoms with Crippen molar-refractivity contribution in [3.05, 3.63) is 0 Å². The Balaban J connectivity index is 3.80. The van der Waals surface area contributed by atoms with Crippen LogP contribution in [-0.4, -0.2) is 51.6 Å². The van der Waals surface area contributed by atoms with Crippen LogP contribution in [0.2, 0.25) is 0 Å². The van der Waals surface area contributed by atoms with E-state index in [2.05, 4.69) is 0 Å². The van der Waals surface area contributed by atoms with Gasteiger partial charge in [0.2, 0.25) is 0 Å². The van der Waals surface area contributed by atoms with Gasteiger partial charge in [-0.1, -0.05) is 0 Å². The minimum Gasteiger partial charge on any atom is -0.394 e. The van der Waals surface area contributed by atoms with E-state index in [-0.39, 0.29) is 6.29 Å². The van der Waals surface area contributed by atoms with Gasteiger partial charge in [0.05, 0.1) is 6.61 Å². The van der Waals surface area contributed by atoms with Crippen molar-refractivity contribution in [1.29, 1.82) is 0 Å². The standard InChI is InChI=1S/C5H10O5/c6-1-3(8)5(10)4(9)2-7/h1,3-5,7-10H,2H2/t3-,4+,5+/m1/s1/i2+1. The zero-order valence-electron chi connectivity index (χ0n) is 5.21. The average molecular weight is 151 g/mol. The van der Waals surface area contributed by atoms with Crippen molar-refractivity contribution in [2.75, 3.05) is 6.61 Å². The molecule has 0 saturated heterocycles. The second-order valence-corrected chi connectivity index (χ2v) is 1.87. The van der Waals surface area contributed by atoms with E-state index in [4.69, 9.17) is 20.4 Å². The molecule has 0 spiro atoms. The van der Waals surface area contributed by atoms with E-state index in [0.717, 1.165) is 0 Å². The molecule has 0 radical (unpaired) electrons. The topological polar surface area (TPSA) is 98.0 Å². The summed E-state index contributed by atoms with van der Waals surface area (Å²) in [6.07, 6.45) is -4.63. The predicted octanol–water partition coefficient (Wildman–Crippen LogP) is -2.74. The maximum absolute atomic E-state index is 9.76. The Kier molecular flexibility index (Phi) is 4.13. The highest BCUT2D eigenvalue weighted by Gasteiger charge is 2.22. The minimum absolute atomic E-state index is 0.0869. The summed E-state index contributed by atoms with van der Waals surface area (Å²) in [5.74, 6) is 0. The fraction of sp³-hybridized carbons (Fsp3) is 0.800.